The van der Waals surface area contributed by atoms with Crippen molar-refractivity contribution in [3.63, 3.8) is 0 Å². The highest BCUT2D eigenvalue weighted by molar-refractivity contribution is 5.68. The van der Waals surface area contributed by atoms with E-state index in [2.05, 4.69) is 32.2 Å². The summed E-state index contributed by atoms with van der Waals surface area (Å²) in [7, 11) is 4.89. The monoisotopic (exact) mass is 293 g/mol. The molecule has 0 aliphatic carbocycles. The predicted octanol–water partition coefficient (Wildman–Crippen LogP) is 3.36. The summed E-state index contributed by atoms with van der Waals surface area (Å²) < 4.78 is 16.3. The van der Waals surface area contributed by atoms with Gasteiger partial charge < -0.3 is 19.5 Å². The molecule has 0 bridgehead atoms. The van der Waals surface area contributed by atoms with Crippen LogP contribution in [0.5, 0.6) is 17.2 Å². The quantitative estimate of drug-likeness (QED) is 0.798. The van der Waals surface area contributed by atoms with Crippen LogP contribution < -0.4 is 19.5 Å². The lowest BCUT2D eigenvalue weighted by Gasteiger charge is -2.16. The van der Waals surface area contributed by atoms with Gasteiger partial charge in [0.25, 0.3) is 0 Å². The molecule has 118 valence electrons. The topological polar surface area (TPSA) is 39.7 Å². The van der Waals surface area contributed by atoms with E-state index in [0.29, 0.717) is 23.2 Å². The van der Waals surface area contributed by atoms with E-state index >= 15 is 0 Å². The van der Waals surface area contributed by atoms with Gasteiger partial charge in [-0.3, -0.25) is 0 Å². The first-order chi connectivity index (χ1) is 10.1. The summed E-state index contributed by atoms with van der Waals surface area (Å²) in [6.07, 6.45) is 2.16. The average Bonchev–Trinajstić information content (AvgIpc) is 2.49. The lowest BCUT2D eigenvalue weighted by molar-refractivity contribution is 0.324. The predicted molar refractivity (Wildman–Crippen MR) is 87.5 cm³/mol. The Morgan fingerprint density at radius 1 is 1.10 bits per heavy atom. The molecule has 0 saturated carbocycles. The molecule has 0 aliphatic heterocycles. The van der Waals surface area contributed by atoms with Crippen LogP contribution in [0.3, 0.4) is 0 Å². The summed E-state index contributed by atoms with van der Waals surface area (Å²) in [5.41, 5.74) is 2.32. The van der Waals surface area contributed by atoms with Gasteiger partial charge in [0.05, 0.1) is 21.3 Å². The lowest BCUT2D eigenvalue weighted by Crippen LogP contribution is -2.18. The molecule has 0 aliphatic rings. The van der Waals surface area contributed by atoms with Crippen molar-refractivity contribution in [3.8, 4) is 17.2 Å². The molecular weight excluding hydrogens is 266 g/mol. The van der Waals surface area contributed by atoms with E-state index in [9.17, 15) is 0 Å². The minimum atomic E-state index is 0.460. The average molecular weight is 293 g/mol. The van der Waals surface area contributed by atoms with Gasteiger partial charge in [-0.15, -0.1) is 0 Å². The largest absolute Gasteiger partial charge is 0.493 e. The molecule has 1 rings (SSSR count). The molecule has 0 unspecified atom stereocenters. The highest BCUT2D eigenvalue weighted by Crippen LogP contribution is 2.40. The van der Waals surface area contributed by atoms with Gasteiger partial charge in [-0.2, -0.15) is 0 Å². The van der Waals surface area contributed by atoms with Crippen molar-refractivity contribution in [1.29, 1.82) is 0 Å². The molecule has 0 aromatic heterocycles. The van der Waals surface area contributed by atoms with Crippen LogP contribution in [0.25, 0.3) is 6.08 Å². The van der Waals surface area contributed by atoms with Crippen molar-refractivity contribution in [1.82, 2.24) is 5.32 Å². The van der Waals surface area contributed by atoms with Crippen molar-refractivity contribution in [2.45, 2.75) is 20.8 Å². The molecule has 1 N–H and O–H groups in total. The zero-order valence-corrected chi connectivity index (χ0v) is 13.9. The van der Waals surface area contributed by atoms with Crippen LogP contribution in [0.4, 0.5) is 0 Å². The summed E-state index contributed by atoms with van der Waals surface area (Å²) in [5.74, 6) is 2.46. The van der Waals surface area contributed by atoms with Gasteiger partial charge in [0, 0.05) is 12.1 Å². The minimum absolute atomic E-state index is 0.460. The van der Waals surface area contributed by atoms with Crippen LogP contribution in [0.1, 0.15) is 26.3 Å². The molecule has 1 aromatic rings. The van der Waals surface area contributed by atoms with Crippen LogP contribution in [0.2, 0.25) is 0 Å². The number of hydrogen-bond donors (Lipinski definition) is 1. The fourth-order valence-electron chi connectivity index (χ4n) is 2.13. The van der Waals surface area contributed by atoms with Gasteiger partial charge >= 0.3 is 0 Å². The van der Waals surface area contributed by atoms with Gasteiger partial charge in [0.15, 0.2) is 11.5 Å². The zero-order chi connectivity index (χ0) is 15.8. The Kier molecular flexibility index (Phi) is 7.09. The number of ether oxygens (including phenoxy) is 3. The highest BCUT2D eigenvalue weighted by atomic mass is 16.5. The van der Waals surface area contributed by atoms with Crippen LogP contribution in [-0.4, -0.2) is 34.4 Å². The third-order valence-corrected chi connectivity index (χ3v) is 3.40. The molecule has 4 nitrogen and oxygen atoms in total. The van der Waals surface area contributed by atoms with Gasteiger partial charge in [-0.05, 0) is 24.6 Å². The summed E-state index contributed by atoms with van der Waals surface area (Å²) >= 11 is 0. The molecule has 0 spiro atoms. The smallest absolute Gasteiger partial charge is 0.203 e. The van der Waals surface area contributed by atoms with Gasteiger partial charge in [-0.25, -0.2) is 0 Å². The third-order valence-electron chi connectivity index (χ3n) is 3.40. The van der Waals surface area contributed by atoms with E-state index in [1.165, 1.54) is 5.57 Å². The summed E-state index contributed by atoms with van der Waals surface area (Å²) in [6.45, 7) is 8.31. The van der Waals surface area contributed by atoms with Crippen LogP contribution in [-0.2, 0) is 0 Å². The summed E-state index contributed by atoms with van der Waals surface area (Å²) in [5, 5.41) is 3.37. The Balaban J connectivity index is 3.27. The minimum Gasteiger partial charge on any atom is -0.493 e. The molecule has 0 heterocycles. The first kappa shape index (κ1) is 17.4. The van der Waals surface area contributed by atoms with Gasteiger partial charge in [-0.1, -0.05) is 32.4 Å². The molecule has 4 heteroatoms. The highest BCUT2D eigenvalue weighted by Gasteiger charge is 2.15. The van der Waals surface area contributed by atoms with E-state index in [0.717, 1.165) is 18.7 Å². The van der Waals surface area contributed by atoms with Gasteiger partial charge in [0.2, 0.25) is 5.75 Å². The first-order valence-corrected chi connectivity index (χ1v) is 7.29. The van der Waals surface area contributed by atoms with Crippen molar-refractivity contribution < 1.29 is 14.2 Å². The van der Waals surface area contributed by atoms with E-state index in [1.807, 2.05) is 12.1 Å². The van der Waals surface area contributed by atoms with Crippen molar-refractivity contribution in [2.24, 2.45) is 5.92 Å². The number of hydrogen-bond acceptors (Lipinski definition) is 4. The van der Waals surface area contributed by atoms with Crippen LogP contribution in [0, 0.1) is 5.92 Å². The summed E-state index contributed by atoms with van der Waals surface area (Å²) in [6, 6.07) is 3.90. The first-order valence-electron chi connectivity index (χ1n) is 7.29. The van der Waals surface area contributed by atoms with Crippen molar-refractivity contribution >= 4 is 6.08 Å². The second-order valence-electron chi connectivity index (χ2n) is 5.08. The van der Waals surface area contributed by atoms with Crippen LogP contribution >= 0.6 is 0 Å². The molecule has 21 heavy (non-hydrogen) atoms. The number of likely N-dealkylation sites (N-methyl/N-ethyl adjacent to an activating group) is 1. The van der Waals surface area contributed by atoms with Crippen molar-refractivity contribution in [2.75, 3.05) is 34.4 Å². The van der Waals surface area contributed by atoms with Gasteiger partial charge in [0.1, 0.15) is 0 Å². The molecule has 0 atom stereocenters. The lowest BCUT2D eigenvalue weighted by atomic mass is 9.99. The van der Waals surface area contributed by atoms with E-state index in [4.69, 9.17) is 14.2 Å². The zero-order valence-electron chi connectivity index (χ0n) is 13.9. The molecule has 0 saturated heterocycles. The second kappa shape index (κ2) is 8.57. The van der Waals surface area contributed by atoms with E-state index in [1.54, 1.807) is 21.3 Å². The maximum absolute atomic E-state index is 5.52. The Hall–Kier alpha value is -1.68. The standard InChI is InChI=1S/C17H27NO3/c1-7-18-11-14(12(2)3)10-13-8-9-15(19-4)17(21-6)16(13)20-5/h8-10,12,18H,7,11H2,1-6H3. The number of rotatable bonds is 8. The molecule has 0 radical (unpaired) electrons. The Labute approximate surface area is 128 Å². The molecule has 0 amide bonds. The number of methoxy groups -OCH3 is 3. The Morgan fingerprint density at radius 2 is 1.76 bits per heavy atom. The molecule has 0 fully saturated rings. The normalized spacial score (nSPS) is 11.7. The fraction of sp³-hybridized carbons (Fsp3) is 0.529. The summed E-state index contributed by atoms with van der Waals surface area (Å²) in [4.78, 5) is 0. The second-order valence-corrected chi connectivity index (χ2v) is 5.08. The van der Waals surface area contributed by atoms with E-state index in [-0.39, 0.29) is 0 Å². The maximum atomic E-state index is 5.52. The number of benzene rings is 1. The van der Waals surface area contributed by atoms with Crippen LogP contribution in [0.15, 0.2) is 17.7 Å². The fourth-order valence-corrected chi connectivity index (χ4v) is 2.13. The van der Waals surface area contributed by atoms with Crippen molar-refractivity contribution in [3.05, 3.63) is 23.3 Å². The number of nitrogens with one attached hydrogen (secondary N) is 1. The third kappa shape index (κ3) is 4.39. The molecular formula is C17H27NO3. The SMILES string of the molecule is CCNCC(=Cc1ccc(OC)c(OC)c1OC)C(C)C. The van der Waals surface area contributed by atoms with E-state index < -0.39 is 0 Å². The molecule has 1 aromatic carbocycles. The maximum Gasteiger partial charge on any atom is 0.203 e. The Bertz CT molecular complexity index is 481. The Morgan fingerprint density at radius 3 is 2.24 bits per heavy atom.